The molecule has 0 spiro atoms. The van der Waals surface area contributed by atoms with Crippen LogP contribution in [-0.2, 0) is 6.54 Å². The second-order valence-electron chi connectivity index (χ2n) is 6.38. The van der Waals surface area contributed by atoms with Crippen molar-refractivity contribution in [3.8, 4) is 0 Å². The largest absolute Gasteiger partial charge is 0.357 e. The van der Waals surface area contributed by atoms with Crippen LogP contribution in [0.25, 0.3) is 0 Å². The summed E-state index contributed by atoms with van der Waals surface area (Å²) in [5, 5.41) is 8.66. The highest BCUT2D eigenvalue weighted by atomic mass is 32.1. The average molecular weight is 397 g/mol. The molecule has 0 aliphatic carbocycles. The number of aliphatic imine (C=N–C) groups is 1. The number of likely N-dealkylation sites (tertiary alicyclic amines) is 1. The predicted molar refractivity (Wildman–Crippen MR) is 104 cm³/mol. The summed E-state index contributed by atoms with van der Waals surface area (Å²) < 4.78 is 26.8. The molecule has 2 N–H and O–H groups in total. The van der Waals surface area contributed by atoms with Gasteiger partial charge in [-0.25, -0.2) is 9.98 Å². The second kappa shape index (κ2) is 9.80. The third-order valence-corrected chi connectivity index (χ3v) is 5.57. The Labute approximate surface area is 162 Å². The molecule has 1 atom stereocenters. The van der Waals surface area contributed by atoms with E-state index in [-0.39, 0.29) is 12.4 Å². The van der Waals surface area contributed by atoms with E-state index in [1.165, 1.54) is 30.1 Å². The lowest BCUT2D eigenvalue weighted by atomic mass is 10.2. The number of alkyl halides is 2. The van der Waals surface area contributed by atoms with Crippen molar-refractivity contribution in [1.29, 1.82) is 0 Å². The Morgan fingerprint density at radius 1 is 1.33 bits per heavy atom. The molecule has 3 rings (SSSR count). The predicted octanol–water partition coefficient (Wildman–Crippen LogP) is 3.23. The normalized spacial score (nSPS) is 16.8. The minimum absolute atomic E-state index is 0.0973. The van der Waals surface area contributed by atoms with Gasteiger partial charge in [0.05, 0.1) is 6.04 Å². The number of aromatic nitrogens is 2. The molecule has 0 radical (unpaired) electrons. The van der Waals surface area contributed by atoms with E-state index in [0.29, 0.717) is 18.5 Å². The number of rotatable bonds is 8. The fourth-order valence-electron chi connectivity index (χ4n) is 3.27. The molecule has 3 heterocycles. The first-order chi connectivity index (χ1) is 13.2. The number of nitrogens with zero attached hydrogens (tertiary/aromatic N) is 4. The van der Waals surface area contributed by atoms with Gasteiger partial charge in [0.1, 0.15) is 12.4 Å². The standard InChI is InChI=1S/C18H26F2N6S/c1-2-21-18(24-13-16-22-7-10-26(16)17(19)20)23-12-14(15-6-5-11-27-15)25-8-3-4-9-25/h5-7,10-11,14,17H,2-4,8-9,12-13H2,1H3,(H2,21,23,24). The van der Waals surface area contributed by atoms with Crippen LogP contribution >= 0.6 is 11.3 Å². The molecule has 0 bridgehead atoms. The van der Waals surface area contributed by atoms with Crippen molar-refractivity contribution < 1.29 is 8.78 Å². The fourth-order valence-corrected chi connectivity index (χ4v) is 4.13. The number of thiophene rings is 1. The van der Waals surface area contributed by atoms with Crippen LogP contribution in [-0.4, -0.2) is 46.6 Å². The van der Waals surface area contributed by atoms with Gasteiger partial charge in [-0.05, 0) is 44.3 Å². The molecule has 27 heavy (non-hydrogen) atoms. The molecule has 2 aromatic heterocycles. The Bertz CT molecular complexity index is 709. The van der Waals surface area contributed by atoms with Gasteiger partial charge in [-0.2, -0.15) is 8.78 Å². The number of hydrogen-bond acceptors (Lipinski definition) is 4. The highest BCUT2D eigenvalue weighted by molar-refractivity contribution is 7.10. The number of guanidine groups is 1. The van der Waals surface area contributed by atoms with E-state index in [0.717, 1.165) is 24.2 Å². The van der Waals surface area contributed by atoms with Crippen molar-refractivity contribution in [1.82, 2.24) is 25.1 Å². The fraction of sp³-hybridized carbons (Fsp3) is 0.556. The molecule has 1 aliphatic rings. The summed E-state index contributed by atoms with van der Waals surface area (Å²) in [6, 6.07) is 4.53. The Hall–Kier alpha value is -2.00. The summed E-state index contributed by atoms with van der Waals surface area (Å²) in [7, 11) is 0. The monoisotopic (exact) mass is 396 g/mol. The van der Waals surface area contributed by atoms with Crippen molar-refractivity contribution in [3.63, 3.8) is 0 Å². The lowest BCUT2D eigenvalue weighted by Crippen LogP contribution is -2.42. The smallest absolute Gasteiger partial charge is 0.319 e. The molecule has 1 saturated heterocycles. The molecule has 2 aromatic rings. The number of nitrogens with one attached hydrogen (secondary N) is 2. The lowest BCUT2D eigenvalue weighted by molar-refractivity contribution is 0.0671. The highest BCUT2D eigenvalue weighted by Crippen LogP contribution is 2.27. The number of imidazole rings is 1. The van der Waals surface area contributed by atoms with E-state index in [9.17, 15) is 8.78 Å². The van der Waals surface area contributed by atoms with Crippen LogP contribution < -0.4 is 10.6 Å². The Morgan fingerprint density at radius 2 is 2.15 bits per heavy atom. The summed E-state index contributed by atoms with van der Waals surface area (Å²) in [5.74, 6) is 0.860. The van der Waals surface area contributed by atoms with Crippen LogP contribution in [0, 0.1) is 0 Å². The van der Waals surface area contributed by atoms with Gasteiger partial charge >= 0.3 is 6.55 Å². The van der Waals surface area contributed by atoms with Crippen molar-refractivity contribution >= 4 is 17.3 Å². The van der Waals surface area contributed by atoms with Crippen LogP contribution in [0.1, 0.15) is 43.1 Å². The van der Waals surface area contributed by atoms with Gasteiger partial charge in [0.15, 0.2) is 5.96 Å². The first-order valence-electron chi connectivity index (χ1n) is 9.28. The molecule has 148 valence electrons. The quantitative estimate of drug-likeness (QED) is 0.531. The first-order valence-corrected chi connectivity index (χ1v) is 10.2. The molecule has 1 aliphatic heterocycles. The summed E-state index contributed by atoms with van der Waals surface area (Å²) in [6.45, 7) is 3.09. The molecule has 1 unspecified atom stereocenters. The van der Waals surface area contributed by atoms with Gasteiger partial charge < -0.3 is 10.6 Å². The molecule has 0 aromatic carbocycles. The maximum atomic E-state index is 13.0. The van der Waals surface area contributed by atoms with Crippen molar-refractivity contribution in [3.05, 3.63) is 40.6 Å². The third kappa shape index (κ3) is 5.26. The highest BCUT2D eigenvalue weighted by Gasteiger charge is 2.24. The van der Waals surface area contributed by atoms with Crippen LogP contribution in [0.2, 0.25) is 0 Å². The first kappa shape index (κ1) is 19.8. The molecule has 0 amide bonds. The number of hydrogen-bond donors (Lipinski definition) is 2. The minimum Gasteiger partial charge on any atom is -0.357 e. The van der Waals surface area contributed by atoms with E-state index in [4.69, 9.17) is 0 Å². The van der Waals surface area contributed by atoms with E-state index in [1.54, 1.807) is 11.3 Å². The SMILES string of the molecule is CCNC(=NCc1nccn1C(F)F)NCC(c1cccs1)N1CCCC1. The van der Waals surface area contributed by atoms with Crippen LogP contribution in [0.15, 0.2) is 34.9 Å². The van der Waals surface area contributed by atoms with Crippen molar-refractivity contribution in [2.75, 3.05) is 26.2 Å². The maximum absolute atomic E-state index is 13.0. The Morgan fingerprint density at radius 3 is 2.81 bits per heavy atom. The zero-order valence-electron chi connectivity index (χ0n) is 15.4. The van der Waals surface area contributed by atoms with E-state index >= 15 is 0 Å². The van der Waals surface area contributed by atoms with Gasteiger partial charge in [-0.15, -0.1) is 11.3 Å². The molecular formula is C18H26F2N6S. The molecule has 6 nitrogen and oxygen atoms in total. The molecule has 0 saturated carbocycles. The zero-order chi connectivity index (χ0) is 19.1. The third-order valence-electron chi connectivity index (χ3n) is 4.60. The Balaban J connectivity index is 1.66. The summed E-state index contributed by atoms with van der Waals surface area (Å²) >= 11 is 1.76. The van der Waals surface area contributed by atoms with Gasteiger partial charge in [0.25, 0.3) is 0 Å². The van der Waals surface area contributed by atoms with Gasteiger partial charge in [-0.3, -0.25) is 9.47 Å². The van der Waals surface area contributed by atoms with Crippen LogP contribution in [0.4, 0.5) is 8.78 Å². The molecule has 1 fully saturated rings. The lowest BCUT2D eigenvalue weighted by Gasteiger charge is -2.27. The van der Waals surface area contributed by atoms with Gasteiger partial charge in [0.2, 0.25) is 0 Å². The Kier molecular flexibility index (Phi) is 7.17. The van der Waals surface area contributed by atoms with E-state index in [2.05, 4.69) is 43.0 Å². The molecular weight excluding hydrogens is 370 g/mol. The maximum Gasteiger partial charge on any atom is 0.319 e. The van der Waals surface area contributed by atoms with Gasteiger partial charge in [0, 0.05) is 30.4 Å². The van der Waals surface area contributed by atoms with Crippen molar-refractivity contribution in [2.24, 2.45) is 4.99 Å². The second-order valence-corrected chi connectivity index (χ2v) is 7.36. The summed E-state index contributed by atoms with van der Waals surface area (Å²) in [4.78, 5) is 12.2. The molecule has 9 heteroatoms. The average Bonchev–Trinajstić information content (AvgIpc) is 3.41. The van der Waals surface area contributed by atoms with Crippen LogP contribution in [0.3, 0.4) is 0 Å². The minimum atomic E-state index is -2.60. The van der Waals surface area contributed by atoms with E-state index < -0.39 is 6.55 Å². The summed E-state index contributed by atoms with van der Waals surface area (Å²) in [5.41, 5.74) is 0. The topological polar surface area (TPSA) is 57.5 Å². The van der Waals surface area contributed by atoms with Crippen molar-refractivity contribution in [2.45, 2.75) is 38.9 Å². The number of halogens is 2. The van der Waals surface area contributed by atoms with E-state index in [1.807, 2.05) is 6.92 Å². The van der Waals surface area contributed by atoms with Crippen LogP contribution in [0.5, 0.6) is 0 Å². The zero-order valence-corrected chi connectivity index (χ0v) is 16.3. The summed E-state index contributed by atoms with van der Waals surface area (Å²) in [6.07, 6.45) is 5.10. The van der Waals surface area contributed by atoms with Gasteiger partial charge in [-0.1, -0.05) is 6.07 Å².